The van der Waals surface area contributed by atoms with E-state index in [2.05, 4.69) is 22.3 Å². The van der Waals surface area contributed by atoms with Gasteiger partial charge in [0.25, 0.3) is 5.56 Å². The number of fused-ring (bicyclic) bond motifs is 1. The summed E-state index contributed by atoms with van der Waals surface area (Å²) in [5.41, 5.74) is 3.47. The molecule has 2 aromatic carbocycles. The van der Waals surface area contributed by atoms with Gasteiger partial charge in [0.15, 0.2) is 0 Å². The van der Waals surface area contributed by atoms with Crippen LogP contribution in [0.3, 0.4) is 0 Å². The normalized spacial score (nSPS) is 22.0. The standard InChI is InChI=1S/C27H30FN3O3.ClH/c28-22-4-2-18-3-6-25(33)31-16-19(26(22)27(18)31)15-30-10-7-20(8-11-30)29-14-17-1-5-24-21(13-17)23(32)9-12-34-24;/h1-6,13,19-20,23,29,32H,7-12,14-16H2;1H. The lowest BCUT2D eigenvalue weighted by molar-refractivity contribution is 0.115. The molecule has 0 saturated carbocycles. The second-order valence-electron chi connectivity index (χ2n) is 9.86. The van der Waals surface area contributed by atoms with Crippen molar-refractivity contribution >= 4 is 23.3 Å². The highest BCUT2D eigenvalue weighted by atomic mass is 35.5. The Morgan fingerprint density at radius 3 is 2.71 bits per heavy atom. The fourth-order valence-corrected chi connectivity index (χ4v) is 5.86. The Hall–Kier alpha value is -2.45. The summed E-state index contributed by atoms with van der Waals surface area (Å²) in [5, 5.41) is 14.8. The molecule has 2 atom stereocenters. The van der Waals surface area contributed by atoms with Crippen molar-refractivity contribution in [1.82, 2.24) is 14.8 Å². The molecular formula is C27H31ClFN3O3. The maximum atomic E-state index is 14.8. The molecule has 1 fully saturated rings. The molecule has 1 saturated heterocycles. The average Bonchev–Trinajstić information content (AvgIpc) is 3.24. The smallest absolute Gasteiger partial charge is 0.251 e. The molecule has 35 heavy (non-hydrogen) atoms. The quantitative estimate of drug-likeness (QED) is 0.560. The highest BCUT2D eigenvalue weighted by Crippen LogP contribution is 2.36. The minimum absolute atomic E-state index is 0. The first-order valence-electron chi connectivity index (χ1n) is 12.3. The minimum Gasteiger partial charge on any atom is -0.493 e. The first kappa shape index (κ1) is 24.3. The van der Waals surface area contributed by atoms with E-state index in [1.165, 1.54) is 6.07 Å². The summed E-state index contributed by atoms with van der Waals surface area (Å²) in [4.78, 5) is 14.8. The Bertz CT molecular complexity index is 1290. The first-order valence-corrected chi connectivity index (χ1v) is 12.3. The molecule has 0 bridgehead atoms. The minimum atomic E-state index is -0.444. The summed E-state index contributed by atoms with van der Waals surface area (Å²) in [6, 6.07) is 13.2. The van der Waals surface area contributed by atoms with Gasteiger partial charge in [-0.2, -0.15) is 0 Å². The molecule has 6 rings (SSSR count). The highest BCUT2D eigenvalue weighted by Gasteiger charge is 2.31. The maximum absolute atomic E-state index is 14.8. The molecule has 0 amide bonds. The van der Waals surface area contributed by atoms with Gasteiger partial charge < -0.3 is 24.6 Å². The lowest BCUT2D eigenvalue weighted by Crippen LogP contribution is -2.43. The molecule has 0 spiro atoms. The molecule has 3 aliphatic heterocycles. The lowest BCUT2D eigenvalue weighted by Gasteiger charge is -2.34. The molecular weight excluding hydrogens is 469 g/mol. The van der Waals surface area contributed by atoms with Gasteiger partial charge in [0, 0.05) is 55.2 Å². The van der Waals surface area contributed by atoms with Gasteiger partial charge in [-0.3, -0.25) is 4.79 Å². The van der Waals surface area contributed by atoms with E-state index in [1.807, 2.05) is 6.07 Å². The summed E-state index contributed by atoms with van der Waals surface area (Å²) in [6.45, 7) is 4.56. The molecule has 8 heteroatoms. The van der Waals surface area contributed by atoms with Gasteiger partial charge in [0.1, 0.15) is 11.6 Å². The monoisotopic (exact) mass is 499 g/mol. The molecule has 3 aromatic rings. The van der Waals surface area contributed by atoms with Crippen molar-refractivity contribution in [3.05, 3.63) is 75.3 Å². The van der Waals surface area contributed by atoms with Crippen LogP contribution in [-0.4, -0.2) is 46.9 Å². The van der Waals surface area contributed by atoms with E-state index < -0.39 is 6.10 Å². The average molecular weight is 500 g/mol. The number of pyridine rings is 1. The van der Waals surface area contributed by atoms with Gasteiger partial charge in [-0.05, 0) is 67.2 Å². The molecule has 4 heterocycles. The third-order valence-electron chi connectivity index (χ3n) is 7.69. The number of rotatable bonds is 5. The zero-order valence-corrected chi connectivity index (χ0v) is 20.4. The Kier molecular flexibility index (Phi) is 6.86. The van der Waals surface area contributed by atoms with E-state index in [9.17, 15) is 14.3 Å². The van der Waals surface area contributed by atoms with Crippen molar-refractivity contribution in [3.63, 3.8) is 0 Å². The number of nitrogens with one attached hydrogen (secondary N) is 1. The molecule has 6 nitrogen and oxygen atoms in total. The molecule has 2 N–H and O–H groups in total. The topological polar surface area (TPSA) is 66.7 Å². The molecule has 2 unspecified atom stereocenters. The Balaban J connectivity index is 0.00000253. The van der Waals surface area contributed by atoms with Crippen LogP contribution in [0.2, 0.25) is 0 Å². The van der Waals surface area contributed by atoms with Gasteiger partial charge in [0.2, 0.25) is 0 Å². The Labute approximate surface area is 210 Å². The van der Waals surface area contributed by atoms with Crippen LogP contribution >= 0.6 is 12.4 Å². The number of benzene rings is 2. The van der Waals surface area contributed by atoms with Gasteiger partial charge >= 0.3 is 0 Å². The van der Waals surface area contributed by atoms with Crippen LogP contribution in [0.4, 0.5) is 4.39 Å². The van der Waals surface area contributed by atoms with Crippen LogP contribution in [-0.2, 0) is 13.1 Å². The number of likely N-dealkylation sites (tertiary alicyclic amines) is 1. The number of piperidine rings is 1. The maximum Gasteiger partial charge on any atom is 0.251 e. The van der Waals surface area contributed by atoms with E-state index in [0.717, 1.165) is 66.8 Å². The van der Waals surface area contributed by atoms with E-state index in [0.29, 0.717) is 31.2 Å². The zero-order chi connectivity index (χ0) is 23.2. The zero-order valence-electron chi connectivity index (χ0n) is 19.6. The predicted octanol–water partition coefficient (Wildman–Crippen LogP) is 3.73. The van der Waals surface area contributed by atoms with Crippen molar-refractivity contribution in [1.29, 1.82) is 0 Å². The predicted molar refractivity (Wildman–Crippen MR) is 136 cm³/mol. The largest absolute Gasteiger partial charge is 0.493 e. The van der Waals surface area contributed by atoms with Crippen molar-refractivity contribution in [2.45, 2.75) is 50.4 Å². The summed E-state index contributed by atoms with van der Waals surface area (Å²) < 4.78 is 22.2. The fraction of sp³-hybridized carbons (Fsp3) is 0.444. The first-order chi connectivity index (χ1) is 16.6. The van der Waals surface area contributed by atoms with Crippen LogP contribution in [0.5, 0.6) is 5.75 Å². The number of aliphatic hydroxyl groups excluding tert-OH is 1. The molecule has 186 valence electrons. The summed E-state index contributed by atoms with van der Waals surface area (Å²) >= 11 is 0. The SMILES string of the molecule is Cl.O=c1ccc2ccc(F)c3c2n1CC3CN1CCC(NCc2ccc3c(c2)C(O)CCO3)CC1. The van der Waals surface area contributed by atoms with Gasteiger partial charge in [-0.25, -0.2) is 4.39 Å². The summed E-state index contributed by atoms with van der Waals surface area (Å²) in [7, 11) is 0. The third-order valence-corrected chi connectivity index (χ3v) is 7.69. The van der Waals surface area contributed by atoms with Crippen LogP contribution in [0.15, 0.2) is 47.3 Å². The Morgan fingerprint density at radius 2 is 1.89 bits per heavy atom. The molecule has 1 aromatic heterocycles. The van der Waals surface area contributed by atoms with Crippen LogP contribution < -0.4 is 15.6 Å². The van der Waals surface area contributed by atoms with Crippen molar-refractivity contribution < 1.29 is 14.2 Å². The molecule has 3 aliphatic rings. The lowest BCUT2D eigenvalue weighted by atomic mass is 9.96. The van der Waals surface area contributed by atoms with Gasteiger partial charge in [0.05, 0.1) is 18.2 Å². The highest BCUT2D eigenvalue weighted by molar-refractivity contribution is 5.85. The number of ether oxygens (including phenoxy) is 1. The summed E-state index contributed by atoms with van der Waals surface area (Å²) in [6.07, 6.45) is 2.26. The van der Waals surface area contributed by atoms with E-state index in [1.54, 1.807) is 22.8 Å². The number of aliphatic hydroxyl groups is 1. The van der Waals surface area contributed by atoms with Gasteiger partial charge in [-0.1, -0.05) is 6.07 Å². The van der Waals surface area contributed by atoms with Gasteiger partial charge in [-0.15, -0.1) is 12.4 Å². The van der Waals surface area contributed by atoms with Crippen LogP contribution in [0.25, 0.3) is 10.9 Å². The number of aromatic nitrogens is 1. The number of nitrogens with zero attached hydrogens (tertiary/aromatic N) is 2. The Morgan fingerprint density at radius 1 is 1.09 bits per heavy atom. The van der Waals surface area contributed by atoms with E-state index in [-0.39, 0.29) is 29.7 Å². The van der Waals surface area contributed by atoms with Crippen molar-refractivity contribution in [2.24, 2.45) is 0 Å². The number of hydrogen-bond acceptors (Lipinski definition) is 5. The molecule has 0 aliphatic carbocycles. The summed E-state index contributed by atoms with van der Waals surface area (Å²) in [5.74, 6) is 0.596. The second-order valence-corrected chi connectivity index (χ2v) is 9.86. The molecule has 0 radical (unpaired) electrons. The van der Waals surface area contributed by atoms with Crippen LogP contribution in [0.1, 0.15) is 48.0 Å². The second kappa shape index (κ2) is 9.90. The van der Waals surface area contributed by atoms with E-state index >= 15 is 0 Å². The third kappa shape index (κ3) is 4.58. The van der Waals surface area contributed by atoms with Crippen molar-refractivity contribution in [2.75, 3.05) is 26.2 Å². The fourth-order valence-electron chi connectivity index (χ4n) is 5.86. The van der Waals surface area contributed by atoms with E-state index in [4.69, 9.17) is 4.74 Å². The number of halogens is 2. The van der Waals surface area contributed by atoms with Crippen molar-refractivity contribution in [3.8, 4) is 5.75 Å². The number of hydrogen-bond donors (Lipinski definition) is 2. The van der Waals surface area contributed by atoms with Crippen LogP contribution in [0, 0.1) is 5.82 Å².